The van der Waals surface area contributed by atoms with Crippen molar-refractivity contribution in [3.05, 3.63) is 52.7 Å². The van der Waals surface area contributed by atoms with Crippen LogP contribution < -0.4 is 5.73 Å². The summed E-state index contributed by atoms with van der Waals surface area (Å²) in [6, 6.07) is 8.86. The van der Waals surface area contributed by atoms with E-state index in [0.717, 1.165) is 12.8 Å². The Morgan fingerprint density at radius 3 is 1.69 bits per heavy atom. The summed E-state index contributed by atoms with van der Waals surface area (Å²) in [6.07, 6.45) is 20.9. The maximum atomic E-state index is 12.9. The Bertz CT molecular complexity index is 889. The van der Waals surface area contributed by atoms with E-state index in [1.54, 1.807) is 31.2 Å². The van der Waals surface area contributed by atoms with E-state index in [2.05, 4.69) is 11.9 Å². The zero-order chi connectivity index (χ0) is 26.0. The highest BCUT2D eigenvalue weighted by atomic mass is 16.5. The first-order valence-electron chi connectivity index (χ1n) is 14.3. The van der Waals surface area contributed by atoms with Crippen LogP contribution in [0.2, 0.25) is 0 Å². The zero-order valence-corrected chi connectivity index (χ0v) is 22.7. The molecule has 0 radical (unpaired) electrons. The number of carbonyl (C=O) groups excluding carboxylic acids is 2. The van der Waals surface area contributed by atoms with Crippen molar-refractivity contribution in [3.63, 3.8) is 0 Å². The Morgan fingerprint density at radius 1 is 0.722 bits per heavy atom. The van der Waals surface area contributed by atoms with Gasteiger partial charge in [-0.15, -0.1) is 0 Å². The first-order chi connectivity index (χ1) is 17.6. The van der Waals surface area contributed by atoms with Crippen LogP contribution in [-0.2, 0) is 4.74 Å². The molecule has 0 bridgehead atoms. The van der Waals surface area contributed by atoms with Crippen molar-refractivity contribution in [1.29, 1.82) is 0 Å². The summed E-state index contributed by atoms with van der Waals surface area (Å²) >= 11 is 0. The summed E-state index contributed by atoms with van der Waals surface area (Å²) in [4.78, 5) is 28.6. The average Bonchev–Trinajstić information content (AvgIpc) is 3.19. The fourth-order valence-electron chi connectivity index (χ4n) is 4.76. The van der Waals surface area contributed by atoms with E-state index in [1.165, 1.54) is 89.9 Å². The molecule has 1 heterocycles. The van der Waals surface area contributed by atoms with Crippen LogP contribution in [0.15, 0.2) is 30.3 Å². The molecular weight excluding hydrogens is 448 g/mol. The van der Waals surface area contributed by atoms with Gasteiger partial charge in [0.2, 0.25) is 0 Å². The van der Waals surface area contributed by atoms with Crippen LogP contribution in [0.3, 0.4) is 0 Å². The van der Waals surface area contributed by atoms with Crippen molar-refractivity contribution >= 4 is 17.6 Å². The minimum absolute atomic E-state index is 0.204. The van der Waals surface area contributed by atoms with E-state index in [4.69, 9.17) is 10.5 Å². The van der Waals surface area contributed by atoms with Crippen LogP contribution in [0.25, 0.3) is 0 Å². The summed E-state index contributed by atoms with van der Waals surface area (Å²) in [5.41, 5.74) is 7.54. The van der Waals surface area contributed by atoms with E-state index in [-0.39, 0.29) is 22.7 Å². The van der Waals surface area contributed by atoms with Gasteiger partial charge in [-0.1, -0.05) is 134 Å². The highest BCUT2D eigenvalue weighted by molar-refractivity contribution is 6.17. The van der Waals surface area contributed by atoms with Crippen molar-refractivity contribution < 1.29 is 14.3 Å². The molecule has 0 unspecified atom stereocenters. The van der Waals surface area contributed by atoms with Crippen molar-refractivity contribution in [2.45, 2.75) is 117 Å². The normalized spacial score (nSPS) is 11.1. The number of hydrogen-bond donors (Lipinski definition) is 2. The average molecular weight is 497 g/mol. The Kier molecular flexibility index (Phi) is 14.7. The molecule has 5 nitrogen and oxygen atoms in total. The lowest BCUT2D eigenvalue weighted by Crippen LogP contribution is -2.13. The molecule has 2 aromatic rings. The molecule has 3 N–H and O–H groups in total. The molecule has 0 amide bonds. The molecule has 5 heteroatoms. The molecular formula is C31H48N2O3. The molecule has 0 fully saturated rings. The topological polar surface area (TPSA) is 85.2 Å². The van der Waals surface area contributed by atoms with E-state index in [9.17, 15) is 9.59 Å². The molecule has 0 aliphatic heterocycles. The van der Waals surface area contributed by atoms with Gasteiger partial charge in [0, 0.05) is 11.3 Å². The number of esters is 1. The van der Waals surface area contributed by atoms with Crippen molar-refractivity contribution in [3.8, 4) is 0 Å². The van der Waals surface area contributed by atoms with Crippen LogP contribution in [0.5, 0.6) is 0 Å². The number of unbranched alkanes of at least 4 members (excludes halogenated alkanes) is 15. The predicted molar refractivity (Wildman–Crippen MR) is 150 cm³/mol. The van der Waals surface area contributed by atoms with E-state index in [0.29, 0.717) is 17.9 Å². The lowest BCUT2D eigenvalue weighted by molar-refractivity contribution is 0.0494. The molecule has 1 aromatic heterocycles. The summed E-state index contributed by atoms with van der Waals surface area (Å²) in [7, 11) is 0. The van der Waals surface area contributed by atoms with Gasteiger partial charge in [-0.3, -0.25) is 4.79 Å². The lowest BCUT2D eigenvalue weighted by Gasteiger charge is -2.08. The maximum Gasteiger partial charge on any atom is 0.340 e. The molecule has 0 aliphatic rings. The van der Waals surface area contributed by atoms with E-state index in [1.807, 2.05) is 6.07 Å². The molecule has 0 atom stereocenters. The molecule has 0 spiro atoms. The minimum Gasteiger partial charge on any atom is -0.462 e. The number of nitrogen functional groups attached to an aromatic ring is 1. The second-order valence-corrected chi connectivity index (χ2v) is 10.0. The molecule has 0 saturated heterocycles. The highest BCUT2D eigenvalue weighted by Gasteiger charge is 2.26. The number of nitrogens with two attached hydrogens (primary N) is 1. The third-order valence-corrected chi connectivity index (χ3v) is 6.91. The highest BCUT2D eigenvalue weighted by Crippen LogP contribution is 2.25. The van der Waals surface area contributed by atoms with Gasteiger partial charge in [-0.25, -0.2) is 4.79 Å². The Labute approximate surface area is 218 Å². The quantitative estimate of drug-likeness (QED) is 0.109. The largest absolute Gasteiger partial charge is 0.462 e. The predicted octanol–water partition coefficient (Wildman–Crippen LogP) is 8.55. The second-order valence-electron chi connectivity index (χ2n) is 10.0. The number of hydrogen-bond acceptors (Lipinski definition) is 4. The van der Waals surface area contributed by atoms with E-state index < -0.39 is 5.97 Å². The van der Waals surface area contributed by atoms with Gasteiger partial charge < -0.3 is 15.5 Å². The number of aromatic amines is 1. The number of ketones is 1. The van der Waals surface area contributed by atoms with Crippen LogP contribution >= 0.6 is 0 Å². The summed E-state index contributed by atoms with van der Waals surface area (Å²) in [6.45, 7) is 4.37. The standard InChI is InChI=1S/C31H48N2O3/c1-3-4-5-6-7-8-9-10-11-12-13-14-15-16-17-21-24-36-31(35)27-25(2)33-30(32)28(27)29(34)26-22-19-18-20-23-26/h18-20,22-23,33H,3-17,21,24,32H2,1-2H3. The van der Waals surface area contributed by atoms with Crippen LogP contribution in [0.1, 0.15) is 142 Å². The van der Waals surface area contributed by atoms with Crippen molar-refractivity contribution in [1.82, 2.24) is 4.98 Å². The monoisotopic (exact) mass is 496 g/mol. The smallest absolute Gasteiger partial charge is 0.340 e. The van der Waals surface area contributed by atoms with Gasteiger partial charge in [0.1, 0.15) is 5.82 Å². The number of anilines is 1. The summed E-state index contributed by atoms with van der Waals surface area (Å²) in [5.74, 6) is -0.553. The van der Waals surface area contributed by atoms with Crippen molar-refractivity contribution in [2.75, 3.05) is 12.3 Å². The number of aryl methyl sites for hydroxylation is 1. The summed E-state index contributed by atoms with van der Waals surface area (Å²) in [5, 5.41) is 0. The minimum atomic E-state index is -0.485. The van der Waals surface area contributed by atoms with Gasteiger partial charge in [0.25, 0.3) is 0 Å². The fraction of sp³-hybridized carbons (Fsp3) is 0.613. The number of ether oxygens (including phenoxy) is 1. The number of benzene rings is 1. The summed E-state index contributed by atoms with van der Waals surface area (Å²) < 4.78 is 5.50. The molecule has 200 valence electrons. The first kappa shape index (κ1) is 29.7. The molecule has 0 saturated carbocycles. The molecule has 1 aromatic carbocycles. The zero-order valence-electron chi connectivity index (χ0n) is 22.7. The maximum absolute atomic E-state index is 12.9. The Balaban J connectivity index is 1.54. The number of H-pyrrole nitrogens is 1. The number of nitrogens with one attached hydrogen (secondary N) is 1. The van der Waals surface area contributed by atoms with E-state index >= 15 is 0 Å². The van der Waals surface area contributed by atoms with Crippen LogP contribution in [0, 0.1) is 6.92 Å². The second kappa shape index (κ2) is 17.8. The number of carbonyl (C=O) groups is 2. The Morgan fingerprint density at radius 2 is 1.19 bits per heavy atom. The third kappa shape index (κ3) is 10.6. The SMILES string of the molecule is CCCCCCCCCCCCCCCCCCOC(=O)c1c(C)[nH]c(N)c1C(=O)c1ccccc1. The third-order valence-electron chi connectivity index (χ3n) is 6.91. The van der Waals surface area contributed by atoms with Gasteiger partial charge in [0.05, 0.1) is 17.7 Å². The van der Waals surface area contributed by atoms with Gasteiger partial charge in [0.15, 0.2) is 5.78 Å². The van der Waals surface area contributed by atoms with Gasteiger partial charge >= 0.3 is 5.97 Å². The molecule has 0 aliphatic carbocycles. The van der Waals surface area contributed by atoms with Crippen LogP contribution in [0.4, 0.5) is 5.82 Å². The van der Waals surface area contributed by atoms with Gasteiger partial charge in [-0.05, 0) is 13.3 Å². The number of aromatic nitrogens is 1. The first-order valence-corrected chi connectivity index (χ1v) is 14.3. The van der Waals surface area contributed by atoms with Crippen molar-refractivity contribution in [2.24, 2.45) is 0 Å². The number of rotatable bonds is 20. The van der Waals surface area contributed by atoms with Crippen LogP contribution in [-0.4, -0.2) is 23.3 Å². The fourth-order valence-corrected chi connectivity index (χ4v) is 4.76. The molecule has 36 heavy (non-hydrogen) atoms. The lowest BCUT2D eigenvalue weighted by atomic mass is 10.0. The molecule has 2 rings (SSSR count). The Hall–Kier alpha value is -2.56. The van der Waals surface area contributed by atoms with Gasteiger partial charge in [-0.2, -0.15) is 0 Å².